The molecule has 0 aliphatic carbocycles. The smallest absolute Gasteiger partial charge is 0.317 e. The highest BCUT2D eigenvalue weighted by molar-refractivity contribution is 7.09. The van der Waals surface area contributed by atoms with Gasteiger partial charge >= 0.3 is 6.03 Å². The van der Waals surface area contributed by atoms with Crippen LogP contribution in [-0.4, -0.2) is 40.2 Å². The molecule has 1 fully saturated rings. The lowest BCUT2D eigenvalue weighted by Gasteiger charge is -2.34. The predicted octanol–water partition coefficient (Wildman–Crippen LogP) is 3.11. The first kappa shape index (κ1) is 16.9. The number of likely N-dealkylation sites (tertiary alicyclic amines) is 1. The van der Waals surface area contributed by atoms with Gasteiger partial charge in [0.15, 0.2) is 0 Å². The molecule has 5 nitrogen and oxygen atoms in total. The van der Waals surface area contributed by atoms with Crippen molar-refractivity contribution in [1.82, 2.24) is 15.2 Å². The van der Waals surface area contributed by atoms with E-state index in [0.717, 1.165) is 35.7 Å². The van der Waals surface area contributed by atoms with Gasteiger partial charge in [0.1, 0.15) is 5.01 Å². The van der Waals surface area contributed by atoms with Crippen molar-refractivity contribution in [3.05, 3.63) is 40.7 Å². The van der Waals surface area contributed by atoms with E-state index >= 15 is 0 Å². The molecule has 2 N–H and O–H groups in total. The molecule has 2 heterocycles. The number of hydrogen-bond acceptors (Lipinski definition) is 4. The Morgan fingerprint density at radius 1 is 1.46 bits per heavy atom. The van der Waals surface area contributed by atoms with Crippen LogP contribution in [0.5, 0.6) is 0 Å². The first-order valence-electron chi connectivity index (χ1n) is 8.34. The summed E-state index contributed by atoms with van der Waals surface area (Å²) in [6.45, 7) is 3.61. The number of aliphatic hydroxyl groups is 1. The summed E-state index contributed by atoms with van der Waals surface area (Å²) in [7, 11) is 0. The largest absolute Gasteiger partial charge is 0.393 e. The van der Waals surface area contributed by atoms with Crippen LogP contribution in [0.2, 0.25) is 0 Å². The number of amides is 2. The van der Waals surface area contributed by atoms with Crippen LogP contribution in [0, 0.1) is 5.92 Å². The van der Waals surface area contributed by atoms with Crippen molar-refractivity contribution >= 4 is 17.4 Å². The molecular formula is C18H23N3O2S. The number of carbonyl (C=O) groups excluding carboxylic acids is 1. The zero-order valence-electron chi connectivity index (χ0n) is 13.8. The molecule has 24 heavy (non-hydrogen) atoms. The third kappa shape index (κ3) is 4.13. The summed E-state index contributed by atoms with van der Waals surface area (Å²) in [4.78, 5) is 18.7. The van der Waals surface area contributed by atoms with Crippen molar-refractivity contribution in [3.63, 3.8) is 0 Å². The molecule has 1 aliphatic heterocycles. The van der Waals surface area contributed by atoms with Crippen LogP contribution in [-0.2, 0) is 6.54 Å². The lowest BCUT2D eigenvalue weighted by molar-refractivity contribution is 0.0738. The molecule has 1 aromatic heterocycles. The van der Waals surface area contributed by atoms with Gasteiger partial charge in [0.2, 0.25) is 0 Å². The predicted molar refractivity (Wildman–Crippen MR) is 95.8 cm³/mol. The van der Waals surface area contributed by atoms with E-state index < -0.39 is 0 Å². The van der Waals surface area contributed by atoms with Crippen molar-refractivity contribution in [3.8, 4) is 11.3 Å². The fraction of sp³-hybridized carbons (Fsp3) is 0.444. The van der Waals surface area contributed by atoms with Gasteiger partial charge in [0, 0.05) is 30.0 Å². The third-order valence-corrected chi connectivity index (χ3v) is 5.29. The molecule has 128 valence electrons. The van der Waals surface area contributed by atoms with Crippen molar-refractivity contribution in [1.29, 1.82) is 0 Å². The number of aromatic nitrogens is 1. The summed E-state index contributed by atoms with van der Waals surface area (Å²) < 4.78 is 0. The molecule has 2 unspecified atom stereocenters. The zero-order chi connectivity index (χ0) is 16.9. The van der Waals surface area contributed by atoms with Crippen molar-refractivity contribution in [2.75, 3.05) is 13.1 Å². The van der Waals surface area contributed by atoms with Crippen LogP contribution < -0.4 is 5.32 Å². The highest BCUT2D eigenvalue weighted by Crippen LogP contribution is 2.22. The van der Waals surface area contributed by atoms with Crippen molar-refractivity contribution < 1.29 is 9.90 Å². The fourth-order valence-electron chi connectivity index (χ4n) is 2.98. The molecule has 2 aromatic rings. The molecule has 1 aliphatic rings. The summed E-state index contributed by atoms with van der Waals surface area (Å²) in [6, 6.07) is 9.95. The zero-order valence-corrected chi connectivity index (χ0v) is 14.6. The Balaban J connectivity index is 1.54. The van der Waals surface area contributed by atoms with E-state index in [2.05, 4.69) is 10.3 Å². The highest BCUT2D eigenvalue weighted by Gasteiger charge is 2.26. The quantitative estimate of drug-likeness (QED) is 0.895. The molecule has 0 saturated carbocycles. The Kier molecular flexibility index (Phi) is 5.48. The molecule has 3 rings (SSSR count). The molecule has 1 aromatic carbocycles. The van der Waals surface area contributed by atoms with Crippen LogP contribution in [0.4, 0.5) is 4.79 Å². The number of piperidine rings is 1. The number of carbonyl (C=O) groups is 1. The Morgan fingerprint density at radius 2 is 2.25 bits per heavy atom. The number of urea groups is 1. The Labute approximate surface area is 146 Å². The number of thiazole rings is 1. The molecular weight excluding hydrogens is 322 g/mol. The minimum absolute atomic E-state index is 0.0724. The average Bonchev–Trinajstić information content (AvgIpc) is 3.09. The molecule has 0 radical (unpaired) electrons. The van der Waals surface area contributed by atoms with Gasteiger partial charge < -0.3 is 15.3 Å². The first-order valence-corrected chi connectivity index (χ1v) is 9.22. The van der Waals surface area contributed by atoms with Gasteiger partial charge in [-0.1, -0.05) is 30.3 Å². The van der Waals surface area contributed by atoms with Crippen molar-refractivity contribution in [2.45, 2.75) is 32.4 Å². The fourth-order valence-corrected chi connectivity index (χ4v) is 3.73. The molecule has 2 amide bonds. The Bertz CT molecular complexity index is 672. The molecule has 2 atom stereocenters. The molecule has 1 saturated heterocycles. The maximum absolute atomic E-state index is 12.3. The normalized spacial score (nSPS) is 19.1. The number of hydrogen-bond donors (Lipinski definition) is 2. The highest BCUT2D eigenvalue weighted by atomic mass is 32.1. The lowest BCUT2D eigenvalue weighted by Crippen LogP contribution is -2.47. The van der Waals surface area contributed by atoms with Gasteiger partial charge in [-0.15, -0.1) is 11.3 Å². The summed E-state index contributed by atoms with van der Waals surface area (Å²) in [5.41, 5.74) is 2.03. The monoisotopic (exact) mass is 345 g/mol. The maximum atomic E-state index is 12.3. The molecule has 0 spiro atoms. The van der Waals surface area contributed by atoms with E-state index in [-0.39, 0.29) is 18.1 Å². The van der Waals surface area contributed by atoms with E-state index in [1.165, 1.54) is 0 Å². The van der Waals surface area contributed by atoms with E-state index in [1.54, 1.807) is 23.2 Å². The van der Waals surface area contributed by atoms with Gasteiger partial charge in [-0.25, -0.2) is 9.78 Å². The van der Waals surface area contributed by atoms with Crippen LogP contribution in [0.25, 0.3) is 11.3 Å². The summed E-state index contributed by atoms with van der Waals surface area (Å²) in [6.07, 6.45) is 1.56. The van der Waals surface area contributed by atoms with Gasteiger partial charge in [-0.3, -0.25) is 0 Å². The summed E-state index contributed by atoms with van der Waals surface area (Å²) >= 11 is 1.55. The number of nitrogens with zero attached hydrogens (tertiary/aromatic N) is 2. The summed E-state index contributed by atoms with van der Waals surface area (Å²) in [5.74, 6) is 0.175. The maximum Gasteiger partial charge on any atom is 0.317 e. The second kappa shape index (κ2) is 7.77. The molecule has 6 heteroatoms. The minimum Gasteiger partial charge on any atom is -0.393 e. The lowest BCUT2D eigenvalue weighted by atomic mass is 9.94. The van der Waals surface area contributed by atoms with Crippen LogP contribution in [0.1, 0.15) is 24.8 Å². The van der Waals surface area contributed by atoms with Crippen LogP contribution in [0.15, 0.2) is 35.7 Å². The standard InChI is InChI=1S/C18H23N3O2S/c1-13(22)15-8-5-9-21(11-15)18(23)19-10-17-20-16(12-24-17)14-6-3-2-4-7-14/h2-4,6-7,12-13,15,22H,5,8-11H2,1H3,(H,19,23). The van der Waals surface area contributed by atoms with E-state index in [1.807, 2.05) is 35.7 Å². The first-order chi connectivity index (χ1) is 11.6. The van der Waals surface area contributed by atoms with Gasteiger partial charge in [0.05, 0.1) is 18.3 Å². The minimum atomic E-state index is -0.368. The number of nitrogens with one attached hydrogen (secondary N) is 1. The second-order valence-corrected chi connectivity index (χ2v) is 7.18. The Hall–Kier alpha value is -1.92. The van der Waals surface area contributed by atoms with Gasteiger partial charge in [-0.05, 0) is 19.8 Å². The van der Waals surface area contributed by atoms with E-state index in [0.29, 0.717) is 13.1 Å². The third-order valence-electron chi connectivity index (χ3n) is 4.44. The average molecular weight is 345 g/mol. The van der Waals surface area contributed by atoms with E-state index in [9.17, 15) is 9.90 Å². The number of benzene rings is 1. The van der Waals surface area contributed by atoms with Crippen molar-refractivity contribution in [2.24, 2.45) is 5.92 Å². The molecule has 0 bridgehead atoms. The van der Waals surface area contributed by atoms with Crippen LogP contribution in [0.3, 0.4) is 0 Å². The number of rotatable bonds is 4. The second-order valence-electron chi connectivity index (χ2n) is 6.24. The number of aliphatic hydroxyl groups excluding tert-OH is 1. The summed E-state index contributed by atoms with van der Waals surface area (Å²) in [5, 5.41) is 15.6. The van der Waals surface area contributed by atoms with Gasteiger partial charge in [0.25, 0.3) is 0 Å². The van der Waals surface area contributed by atoms with Gasteiger partial charge in [-0.2, -0.15) is 0 Å². The van der Waals surface area contributed by atoms with E-state index in [4.69, 9.17) is 0 Å². The van der Waals surface area contributed by atoms with Crippen LogP contribution >= 0.6 is 11.3 Å². The Morgan fingerprint density at radius 3 is 3.00 bits per heavy atom. The topological polar surface area (TPSA) is 65.5 Å². The SMILES string of the molecule is CC(O)C1CCCN(C(=O)NCc2nc(-c3ccccc3)cs2)C1.